The maximum Gasteiger partial charge on any atom is 0.359 e. The fourth-order valence-corrected chi connectivity index (χ4v) is 3.01. The normalized spacial score (nSPS) is 10.6. The average Bonchev–Trinajstić information content (AvgIpc) is 2.72. The maximum absolute atomic E-state index is 12.6. The van der Waals surface area contributed by atoms with Crippen molar-refractivity contribution in [2.45, 2.75) is 19.9 Å². The Morgan fingerprint density at radius 2 is 1.93 bits per heavy atom. The van der Waals surface area contributed by atoms with Crippen LogP contribution in [-0.2, 0) is 9.53 Å². The summed E-state index contributed by atoms with van der Waals surface area (Å²) in [5.74, 6) is -1.42. The van der Waals surface area contributed by atoms with E-state index in [2.05, 4.69) is 10.4 Å². The summed E-state index contributed by atoms with van der Waals surface area (Å²) in [6, 6.07) is 12.6. The van der Waals surface area contributed by atoms with Crippen LogP contribution in [0, 0.1) is 11.3 Å². The lowest BCUT2D eigenvalue weighted by Crippen LogP contribution is -2.28. The number of nitrogens with one attached hydrogen (secondary N) is 1. The number of rotatable bonds is 5. The lowest BCUT2D eigenvalue weighted by atomic mass is 10.1. The van der Waals surface area contributed by atoms with E-state index in [1.54, 1.807) is 38.1 Å². The van der Waals surface area contributed by atoms with Crippen LogP contribution in [0.25, 0.3) is 10.8 Å². The number of anilines is 1. The molecule has 3 rings (SSSR count). The largest absolute Gasteiger partial charge is 0.451 e. The number of fused-ring (bicyclic) bond motifs is 1. The summed E-state index contributed by atoms with van der Waals surface area (Å²) >= 11 is 5.93. The number of nitriles is 1. The van der Waals surface area contributed by atoms with Crippen LogP contribution in [0.5, 0.6) is 0 Å². The molecule has 1 heterocycles. The van der Waals surface area contributed by atoms with Gasteiger partial charge in [0.25, 0.3) is 11.5 Å². The van der Waals surface area contributed by atoms with Gasteiger partial charge in [0.15, 0.2) is 12.3 Å². The fraction of sp³-hybridized carbons (Fsp3) is 0.190. The lowest BCUT2D eigenvalue weighted by Gasteiger charge is -2.13. The molecular formula is C21H17ClN4O4. The first-order chi connectivity index (χ1) is 14.3. The number of hydrogen-bond acceptors (Lipinski definition) is 6. The van der Waals surface area contributed by atoms with Gasteiger partial charge in [-0.15, -0.1) is 0 Å². The van der Waals surface area contributed by atoms with Crippen LogP contribution in [0.1, 0.15) is 35.9 Å². The van der Waals surface area contributed by atoms with E-state index in [9.17, 15) is 14.4 Å². The molecule has 0 aliphatic heterocycles. The number of halogens is 1. The van der Waals surface area contributed by atoms with Crippen LogP contribution in [0.2, 0.25) is 5.02 Å². The van der Waals surface area contributed by atoms with Crippen molar-refractivity contribution in [3.63, 3.8) is 0 Å². The van der Waals surface area contributed by atoms with E-state index in [4.69, 9.17) is 21.6 Å². The van der Waals surface area contributed by atoms with Crippen molar-refractivity contribution in [3.05, 3.63) is 69.1 Å². The van der Waals surface area contributed by atoms with Crippen LogP contribution < -0.4 is 10.9 Å². The van der Waals surface area contributed by atoms with E-state index in [1.165, 1.54) is 22.9 Å². The topological polar surface area (TPSA) is 114 Å². The van der Waals surface area contributed by atoms with Crippen molar-refractivity contribution in [1.29, 1.82) is 5.26 Å². The highest BCUT2D eigenvalue weighted by Gasteiger charge is 2.20. The molecule has 0 unspecified atom stereocenters. The van der Waals surface area contributed by atoms with Gasteiger partial charge >= 0.3 is 5.97 Å². The summed E-state index contributed by atoms with van der Waals surface area (Å²) in [7, 11) is 0. The first-order valence-electron chi connectivity index (χ1n) is 9.00. The zero-order valence-corrected chi connectivity index (χ0v) is 16.9. The smallest absolute Gasteiger partial charge is 0.359 e. The Bertz CT molecular complexity index is 1240. The van der Waals surface area contributed by atoms with Gasteiger partial charge in [0, 0.05) is 11.1 Å². The second-order valence-corrected chi connectivity index (χ2v) is 7.08. The SMILES string of the molecule is CC(C)n1nc(C(=O)OCC(=O)Nc2ccc(C#N)c(Cl)c2)c2ccccc2c1=O. The molecule has 30 heavy (non-hydrogen) atoms. The molecule has 0 radical (unpaired) electrons. The number of carbonyl (C=O) groups is 2. The lowest BCUT2D eigenvalue weighted by molar-refractivity contribution is -0.119. The third-order valence-electron chi connectivity index (χ3n) is 4.22. The number of benzene rings is 2. The van der Waals surface area contributed by atoms with E-state index in [-0.39, 0.29) is 27.9 Å². The molecule has 0 saturated carbocycles. The van der Waals surface area contributed by atoms with Crippen LogP contribution >= 0.6 is 11.6 Å². The Morgan fingerprint density at radius 1 is 1.23 bits per heavy atom. The van der Waals surface area contributed by atoms with E-state index < -0.39 is 18.5 Å². The second kappa shape index (κ2) is 8.76. The minimum atomic E-state index is -0.825. The zero-order chi connectivity index (χ0) is 21.8. The molecule has 0 atom stereocenters. The molecule has 0 bridgehead atoms. The molecular weight excluding hydrogens is 408 g/mol. The molecule has 1 amide bonds. The van der Waals surface area contributed by atoms with Gasteiger partial charge in [-0.2, -0.15) is 10.4 Å². The molecule has 1 aromatic heterocycles. The van der Waals surface area contributed by atoms with Gasteiger partial charge in [0.1, 0.15) is 6.07 Å². The van der Waals surface area contributed by atoms with Crippen molar-refractivity contribution in [3.8, 4) is 6.07 Å². The molecule has 0 fully saturated rings. The Balaban J connectivity index is 1.78. The number of carbonyl (C=O) groups excluding carboxylic acids is 2. The number of nitrogens with zero attached hydrogens (tertiary/aromatic N) is 3. The molecule has 0 spiro atoms. The third-order valence-corrected chi connectivity index (χ3v) is 4.53. The third kappa shape index (κ3) is 4.31. The highest BCUT2D eigenvalue weighted by molar-refractivity contribution is 6.32. The van der Waals surface area contributed by atoms with Gasteiger partial charge in [-0.25, -0.2) is 9.48 Å². The predicted octanol–water partition coefficient (Wildman–Crippen LogP) is 3.30. The first kappa shape index (κ1) is 21.0. The van der Waals surface area contributed by atoms with Gasteiger partial charge < -0.3 is 10.1 Å². The van der Waals surface area contributed by atoms with Crippen molar-refractivity contribution < 1.29 is 14.3 Å². The van der Waals surface area contributed by atoms with Gasteiger partial charge in [0.2, 0.25) is 0 Å². The molecule has 8 nitrogen and oxygen atoms in total. The van der Waals surface area contributed by atoms with E-state index >= 15 is 0 Å². The van der Waals surface area contributed by atoms with Crippen molar-refractivity contribution in [1.82, 2.24) is 9.78 Å². The Labute approximate surface area is 176 Å². The summed E-state index contributed by atoms with van der Waals surface area (Å²) < 4.78 is 6.31. The second-order valence-electron chi connectivity index (χ2n) is 6.67. The molecule has 0 aliphatic carbocycles. The molecule has 9 heteroatoms. The quantitative estimate of drug-likeness (QED) is 0.628. The minimum absolute atomic E-state index is 0.0480. The number of hydrogen-bond donors (Lipinski definition) is 1. The molecule has 152 valence electrons. The molecule has 0 aliphatic rings. The van der Waals surface area contributed by atoms with Gasteiger partial charge in [-0.05, 0) is 38.1 Å². The standard InChI is InChI=1S/C21H17ClN4O4/c1-12(2)26-20(28)16-6-4-3-5-15(16)19(25-26)21(29)30-11-18(27)24-14-8-7-13(10-23)17(22)9-14/h3-9,12H,11H2,1-2H3,(H,24,27). The molecule has 1 N–H and O–H groups in total. The van der Waals surface area contributed by atoms with E-state index in [1.807, 2.05) is 6.07 Å². The number of amides is 1. The van der Waals surface area contributed by atoms with Gasteiger partial charge in [-0.1, -0.05) is 29.8 Å². The van der Waals surface area contributed by atoms with Crippen molar-refractivity contribution in [2.75, 3.05) is 11.9 Å². The Kier molecular flexibility index (Phi) is 6.14. The van der Waals surface area contributed by atoms with Crippen LogP contribution in [0.15, 0.2) is 47.3 Å². The first-order valence-corrected chi connectivity index (χ1v) is 9.37. The number of aromatic nitrogens is 2. The maximum atomic E-state index is 12.6. The molecule has 2 aromatic carbocycles. The Morgan fingerprint density at radius 3 is 2.57 bits per heavy atom. The molecule has 3 aromatic rings. The van der Waals surface area contributed by atoms with E-state index in [0.29, 0.717) is 16.5 Å². The minimum Gasteiger partial charge on any atom is -0.451 e. The highest BCUT2D eigenvalue weighted by atomic mass is 35.5. The van der Waals surface area contributed by atoms with Crippen LogP contribution in [0.3, 0.4) is 0 Å². The summed E-state index contributed by atoms with van der Waals surface area (Å²) in [5, 5.41) is 16.4. The highest BCUT2D eigenvalue weighted by Crippen LogP contribution is 2.20. The van der Waals surface area contributed by atoms with Gasteiger partial charge in [0.05, 0.1) is 22.0 Å². The van der Waals surface area contributed by atoms with Gasteiger partial charge in [-0.3, -0.25) is 9.59 Å². The summed E-state index contributed by atoms with van der Waals surface area (Å²) in [6.07, 6.45) is 0. The number of esters is 1. The number of ether oxygens (including phenoxy) is 1. The summed E-state index contributed by atoms with van der Waals surface area (Å²) in [4.78, 5) is 37.3. The average molecular weight is 425 g/mol. The monoisotopic (exact) mass is 424 g/mol. The summed E-state index contributed by atoms with van der Waals surface area (Å²) in [6.45, 7) is 2.98. The summed E-state index contributed by atoms with van der Waals surface area (Å²) in [5.41, 5.74) is 0.275. The fourth-order valence-electron chi connectivity index (χ4n) is 2.79. The van der Waals surface area contributed by atoms with Crippen molar-refractivity contribution in [2.24, 2.45) is 0 Å². The predicted molar refractivity (Wildman–Crippen MR) is 111 cm³/mol. The molecule has 0 saturated heterocycles. The zero-order valence-electron chi connectivity index (χ0n) is 16.2. The van der Waals surface area contributed by atoms with Crippen LogP contribution in [0.4, 0.5) is 5.69 Å². The van der Waals surface area contributed by atoms with Crippen molar-refractivity contribution >= 4 is 39.9 Å². The van der Waals surface area contributed by atoms with E-state index in [0.717, 1.165) is 0 Å². The van der Waals surface area contributed by atoms with Crippen LogP contribution in [-0.4, -0.2) is 28.3 Å². The Hall–Kier alpha value is -3.70.